The lowest BCUT2D eigenvalue weighted by molar-refractivity contribution is 0.251. The summed E-state index contributed by atoms with van der Waals surface area (Å²) in [6.07, 6.45) is 3.28. The van der Waals surface area contributed by atoms with Crippen LogP contribution in [-0.4, -0.2) is 20.6 Å². The van der Waals surface area contributed by atoms with Crippen molar-refractivity contribution in [3.63, 3.8) is 0 Å². The summed E-state index contributed by atoms with van der Waals surface area (Å²) < 4.78 is 28.6. The largest absolute Gasteiger partial charge is 0.351 e. The number of imidazole rings is 1. The highest BCUT2D eigenvalue weighted by Crippen LogP contribution is 2.32. The summed E-state index contributed by atoms with van der Waals surface area (Å²) in [5.74, 6) is -1.74. The zero-order valence-electron chi connectivity index (χ0n) is 10.3. The van der Waals surface area contributed by atoms with E-state index in [1.807, 2.05) is 0 Å². The van der Waals surface area contributed by atoms with Crippen molar-refractivity contribution >= 4 is 28.7 Å². The second-order valence-corrected chi connectivity index (χ2v) is 4.53. The van der Waals surface area contributed by atoms with Crippen molar-refractivity contribution < 1.29 is 13.6 Å². The minimum absolute atomic E-state index is 0.0150. The van der Waals surface area contributed by atoms with Crippen molar-refractivity contribution in [2.75, 3.05) is 0 Å². The summed E-state index contributed by atoms with van der Waals surface area (Å²) in [6, 6.07) is 2.94. The van der Waals surface area contributed by atoms with E-state index in [1.54, 1.807) is 0 Å². The van der Waals surface area contributed by atoms with E-state index in [9.17, 15) is 13.6 Å². The van der Waals surface area contributed by atoms with Gasteiger partial charge in [0.25, 0.3) is 0 Å². The molecule has 5 nitrogen and oxygen atoms in total. The van der Waals surface area contributed by atoms with E-state index >= 15 is 0 Å². The number of nitrogens with two attached hydrogens (primary N) is 1. The number of carbonyl (C=O) groups is 1. The number of hydrogen-bond donors (Lipinski definition) is 1. The monoisotopic (exact) mass is 307 g/mol. The number of primary amides is 1. The Hall–Kier alpha value is -2.54. The Morgan fingerprint density at radius 2 is 2.10 bits per heavy atom. The molecule has 105 valence electrons. The third-order valence-electron chi connectivity index (χ3n) is 2.86. The number of benzene rings is 1. The quantitative estimate of drug-likeness (QED) is 0.751. The number of rotatable bonds is 1. The van der Waals surface area contributed by atoms with Crippen LogP contribution in [0, 0.1) is 17.8 Å². The minimum Gasteiger partial charge on any atom is -0.351 e. The Morgan fingerprint density at radius 3 is 2.76 bits per heavy atom. The summed E-state index contributed by atoms with van der Waals surface area (Å²) in [7, 11) is 0. The molecule has 21 heavy (non-hydrogen) atoms. The molecule has 2 heterocycles. The Labute approximate surface area is 122 Å². The second-order valence-electron chi connectivity index (χ2n) is 4.12. The average molecular weight is 308 g/mol. The van der Waals surface area contributed by atoms with Crippen LogP contribution in [0.4, 0.5) is 13.6 Å². The topological polar surface area (TPSA) is 73.8 Å². The number of aromatic nitrogens is 3. The first-order chi connectivity index (χ1) is 10.0. The van der Waals surface area contributed by atoms with E-state index in [-0.39, 0.29) is 27.4 Å². The van der Waals surface area contributed by atoms with Crippen molar-refractivity contribution in [2.45, 2.75) is 0 Å². The van der Waals surface area contributed by atoms with Gasteiger partial charge in [0.1, 0.15) is 23.0 Å². The SMILES string of the molecule is NC(=O)n1c(-c2c(F)cccc2Cl)nc2[c]ncc(F)c21. The van der Waals surface area contributed by atoms with Gasteiger partial charge in [0.05, 0.1) is 16.8 Å². The standard InChI is InChI=1S/C13H6ClF2N4O/c14-6-2-1-3-7(15)10(6)12-19-9-5-18-4-8(16)11(9)20(12)13(17)21/h1-4H,(H2,17,21). The Kier molecular flexibility index (Phi) is 3.06. The number of amides is 1. The third kappa shape index (κ3) is 2.02. The van der Waals surface area contributed by atoms with Gasteiger partial charge >= 0.3 is 6.03 Å². The highest BCUT2D eigenvalue weighted by Gasteiger charge is 2.23. The van der Waals surface area contributed by atoms with E-state index in [0.717, 1.165) is 16.8 Å². The molecule has 1 aromatic carbocycles. The second kappa shape index (κ2) is 4.78. The molecular formula is C13H6ClF2N4O. The molecule has 0 unspecified atom stereocenters. The van der Waals surface area contributed by atoms with Crippen LogP contribution in [0.25, 0.3) is 22.4 Å². The molecule has 1 amide bonds. The van der Waals surface area contributed by atoms with Gasteiger partial charge in [0.15, 0.2) is 11.6 Å². The normalized spacial score (nSPS) is 11.0. The van der Waals surface area contributed by atoms with Crippen LogP contribution < -0.4 is 5.73 Å². The molecule has 3 rings (SSSR count). The van der Waals surface area contributed by atoms with E-state index in [2.05, 4.69) is 16.2 Å². The Morgan fingerprint density at radius 1 is 1.33 bits per heavy atom. The molecule has 0 aliphatic heterocycles. The fourth-order valence-electron chi connectivity index (χ4n) is 2.02. The molecule has 2 aromatic heterocycles. The predicted molar refractivity (Wildman–Crippen MR) is 71.7 cm³/mol. The first-order valence-electron chi connectivity index (χ1n) is 5.69. The number of halogens is 3. The van der Waals surface area contributed by atoms with Crippen molar-refractivity contribution in [1.29, 1.82) is 0 Å². The van der Waals surface area contributed by atoms with Gasteiger partial charge in [-0.05, 0) is 12.1 Å². The first-order valence-corrected chi connectivity index (χ1v) is 6.07. The van der Waals surface area contributed by atoms with E-state index in [0.29, 0.717) is 0 Å². The van der Waals surface area contributed by atoms with E-state index in [4.69, 9.17) is 17.3 Å². The third-order valence-corrected chi connectivity index (χ3v) is 3.17. The molecule has 0 aliphatic carbocycles. The van der Waals surface area contributed by atoms with Gasteiger partial charge < -0.3 is 5.73 Å². The van der Waals surface area contributed by atoms with Crippen LogP contribution in [0.2, 0.25) is 5.02 Å². The molecule has 1 radical (unpaired) electrons. The lowest BCUT2D eigenvalue weighted by Gasteiger charge is -2.07. The van der Waals surface area contributed by atoms with Gasteiger partial charge in [0.2, 0.25) is 0 Å². The molecule has 0 atom stereocenters. The molecule has 3 aromatic rings. The summed E-state index contributed by atoms with van der Waals surface area (Å²) >= 11 is 5.94. The van der Waals surface area contributed by atoms with Crippen LogP contribution in [0.15, 0.2) is 24.4 Å². The zero-order chi connectivity index (χ0) is 15.1. The highest BCUT2D eigenvalue weighted by molar-refractivity contribution is 6.33. The lowest BCUT2D eigenvalue weighted by Crippen LogP contribution is -2.21. The van der Waals surface area contributed by atoms with Crippen LogP contribution in [-0.2, 0) is 0 Å². The molecule has 0 bridgehead atoms. The molecule has 0 spiro atoms. The fraction of sp³-hybridized carbons (Fsp3) is 0. The molecule has 0 fully saturated rings. The van der Waals surface area contributed by atoms with Crippen molar-refractivity contribution in [2.24, 2.45) is 5.73 Å². The number of hydrogen-bond acceptors (Lipinski definition) is 3. The maximum atomic E-state index is 14.0. The summed E-state index contributed by atoms with van der Waals surface area (Å²) in [5.41, 5.74) is 4.82. The Balaban J connectivity index is 2.46. The van der Waals surface area contributed by atoms with E-state index < -0.39 is 17.7 Å². The first kappa shape index (κ1) is 13.4. The fourth-order valence-corrected chi connectivity index (χ4v) is 2.27. The van der Waals surface area contributed by atoms with Gasteiger partial charge in [-0.15, -0.1) is 0 Å². The molecular weight excluding hydrogens is 302 g/mol. The molecule has 8 heteroatoms. The minimum atomic E-state index is -1.02. The van der Waals surface area contributed by atoms with Gasteiger partial charge in [-0.3, -0.25) is 0 Å². The Bertz CT molecular complexity index is 858. The van der Waals surface area contributed by atoms with E-state index in [1.165, 1.54) is 12.1 Å². The van der Waals surface area contributed by atoms with Crippen molar-refractivity contribution in [3.8, 4) is 11.4 Å². The lowest BCUT2D eigenvalue weighted by atomic mass is 10.2. The zero-order valence-corrected chi connectivity index (χ0v) is 11.0. The van der Waals surface area contributed by atoms with Crippen LogP contribution >= 0.6 is 11.6 Å². The molecule has 2 N–H and O–H groups in total. The molecule has 0 saturated heterocycles. The smallest absolute Gasteiger partial charge is 0.325 e. The summed E-state index contributed by atoms with van der Waals surface area (Å²) in [4.78, 5) is 19.1. The summed E-state index contributed by atoms with van der Waals surface area (Å²) in [5, 5.41) is 0.0150. The highest BCUT2D eigenvalue weighted by atomic mass is 35.5. The van der Waals surface area contributed by atoms with Gasteiger partial charge in [-0.1, -0.05) is 17.7 Å². The van der Waals surface area contributed by atoms with Gasteiger partial charge in [-0.25, -0.2) is 28.1 Å². The maximum absolute atomic E-state index is 14.0. The molecule has 0 aliphatic rings. The number of fused-ring (bicyclic) bond motifs is 1. The van der Waals surface area contributed by atoms with Crippen molar-refractivity contribution in [1.82, 2.24) is 14.5 Å². The maximum Gasteiger partial charge on any atom is 0.325 e. The van der Waals surface area contributed by atoms with Gasteiger partial charge in [-0.2, -0.15) is 0 Å². The predicted octanol–water partition coefficient (Wildman–Crippen LogP) is 2.76. The number of pyridine rings is 1. The van der Waals surface area contributed by atoms with Crippen LogP contribution in [0.1, 0.15) is 0 Å². The van der Waals surface area contributed by atoms with Gasteiger partial charge in [0, 0.05) is 0 Å². The van der Waals surface area contributed by atoms with Crippen LogP contribution in [0.5, 0.6) is 0 Å². The number of carbonyl (C=O) groups excluding carboxylic acids is 1. The van der Waals surface area contributed by atoms with Crippen LogP contribution in [0.3, 0.4) is 0 Å². The summed E-state index contributed by atoms with van der Waals surface area (Å²) in [6.45, 7) is 0. The number of nitrogens with zero attached hydrogens (tertiary/aromatic N) is 3. The molecule has 0 saturated carbocycles. The van der Waals surface area contributed by atoms with Crippen molar-refractivity contribution in [3.05, 3.63) is 47.2 Å². The average Bonchev–Trinajstić information content (AvgIpc) is 2.79.